The third-order valence-electron chi connectivity index (χ3n) is 4.96. The molecule has 1 aromatic carbocycles. The summed E-state index contributed by atoms with van der Waals surface area (Å²) in [5.74, 6) is -0.295. The van der Waals surface area contributed by atoms with Crippen molar-refractivity contribution >= 4 is 74.6 Å². The number of sulfonamides is 1. The monoisotopic (exact) mass is 507 g/mol. The van der Waals surface area contributed by atoms with Crippen molar-refractivity contribution < 1.29 is 13.2 Å². The number of hydrogen-bond donors (Lipinski definition) is 2. The van der Waals surface area contributed by atoms with Gasteiger partial charge in [-0.25, -0.2) is 8.42 Å². The Hall–Kier alpha value is -1.13. The van der Waals surface area contributed by atoms with Gasteiger partial charge in [0.1, 0.15) is 6.04 Å². The van der Waals surface area contributed by atoms with Gasteiger partial charge in [0.25, 0.3) is 0 Å². The molecule has 0 bridgehead atoms. The summed E-state index contributed by atoms with van der Waals surface area (Å²) in [6.45, 7) is 2.05. The number of nitrogens with one attached hydrogen (secondary N) is 2. The highest BCUT2D eigenvalue weighted by Gasteiger charge is 2.36. The minimum Gasteiger partial charge on any atom is -0.312 e. The fraction of sp³-hybridized carbons (Fsp3) is 0.316. The maximum Gasteiger partial charge on any atom is 0.245 e. The molecule has 162 valence electrons. The van der Waals surface area contributed by atoms with Crippen LogP contribution in [0.3, 0.4) is 0 Å². The summed E-state index contributed by atoms with van der Waals surface area (Å²) in [7, 11) is -3.77. The smallest absolute Gasteiger partial charge is 0.245 e. The van der Waals surface area contributed by atoms with Crippen LogP contribution >= 0.6 is 46.9 Å². The van der Waals surface area contributed by atoms with Crippen LogP contribution in [-0.2, 0) is 27.8 Å². The molecule has 1 fully saturated rings. The Morgan fingerprint density at radius 3 is 2.77 bits per heavy atom. The highest BCUT2D eigenvalue weighted by Crippen LogP contribution is 2.33. The molecular formula is C19H20Cl3N3O3S2. The van der Waals surface area contributed by atoms with Gasteiger partial charge in [0.2, 0.25) is 15.9 Å². The van der Waals surface area contributed by atoms with Crippen molar-refractivity contribution in [1.29, 1.82) is 0 Å². The van der Waals surface area contributed by atoms with Crippen LogP contribution in [0.5, 0.6) is 0 Å². The molecule has 2 N–H and O–H groups in total. The molecule has 2 aliphatic rings. The largest absolute Gasteiger partial charge is 0.312 e. The van der Waals surface area contributed by atoms with E-state index in [0.717, 1.165) is 40.9 Å². The number of rotatable bonds is 5. The lowest BCUT2D eigenvalue weighted by Crippen LogP contribution is -2.40. The van der Waals surface area contributed by atoms with E-state index in [1.54, 1.807) is 17.0 Å². The molecule has 3 heterocycles. The van der Waals surface area contributed by atoms with Crippen LogP contribution in [0.4, 0.5) is 5.69 Å². The fourth-order valence-corrected chi connectivity index (χ4v) is 5.89. The molecule has 0 radical (unpaired) electrons. The number of halogens is 3. The summed E-state index contributed by atoms with van der Waals surface area (Å²) < 4.78 is 27.8. The standard InChI is InChI=1S/C19H19Cl2N3O3S2.ClH/c20-15-9-13-11-22-6-3-12(13)10-17(15)24-7-4-16(19(24)25)23-29(26,27)8-5-14-1-2-18(21)28-14;/h1-2,5,8-10,16,22-23H,3-4,6-7,11H2;1H/t16-;/m0./s1. The minimum atomic E-state index is -3.77. The number of thiophene rings is 1. The lowest BCUT2D eigenvalue weighted by Gasteiger charge is -2.23. The van der Waals surface area contributed by atoms with Crippen LogP contribution < -0.4 is 14.9 Å². The Labute approximate surface area is 195 Å². The fourth-order valence-electron chi connectivity index (χ4n) is 3.54. The summed E-state index contributed by atoms with van der Waals surface area (Å²) in [6, 6.07) is 6.45. The van der Waals surface area contributed by atoms with E-state index in [1.165, 1.54) is 17.4 Å². The normalized spacial score (nSPS) is 19.2. The van der Waals surface area contributed by atoms with E-state index in [1.807, 2.05) is 12.1 Å². The average molecular weight is 509 g/mol. The van der Waals surface area contributed by atoms with Gasteiger partial charge in [0, 0.05) is 23.4 Å². The number of fused-ring (bicyclic) bond motifs is 1. The summed E-state index contributed by atoms with van der Waals surface area (Å²) in [5, 5.41) is 4.85. The quantitative estimate of drug-likeness (QED) is 0.644. The van der Waals surface area contributed by atoms with E-state index in [0.29, 0.717) is 28.0 Å². The zero-order valence-electron chi connectivity index (χ0n) is 15.7. The molecule has 2 aromatic rings. The Kier molecular flexibility index (Phi) is 7.50. The molecule has 0 saturated carbocycles. The van der Waals surface area contributed by atoms with Gasteiger partial charge in [-0.05, 0) is 60.9 Å². The number of hydrogen-bond acceptors (Lipinski definition) is 5. The molecule has 1 saturated heterocycles. The predicted molar refractivity (Wildman–Crippen MR) is 125 cm³/mol. The van der Waals surface area contributed by atoms with E-state index < -0.39 is 16.1 Å². The summed E-state index contributed by atoms with van der Waals surface area (Å²) in [6.07, 6.45) is 2.71. The van der Waals surface area contributed by atoms with Crippen molar-refractivity contribution in [2.45, 2.75) is 25.4 Å². The van der Waals surface area contributed by atoms with Gasteiger partial charge >= 0.3 is 0 Å². The molecular weight excluding hydrogens is 489 g/mol. The van der Waals surface area contributed by atoms with Crippen LogP contribution in [0.25, 0.3) is 6.08 Å². The van der Waals surface area contributed by atoms with Crippen LogP contribution in [0, 0.1) is 0 Å². The molecule has 2 aliphatic heterocycles. The van der Waals surface area contributed by atoms with Gasteiger partial charge in [-0.15, -0.1) is 23.7 Å². The maximum absolute atomic E-state index is 12.9. The number of nitrogens with zero attached hydrogens (tertiary/aromatic N) is 1. The molecule has 6 nitrogen and oxygen atoms in total. The lowest BCUT2D eigenvalue weighted by molar-refractivity contribution is -0.118. The van der Waals surface area contributed by atoms with Gasteiger partial charge < -0.3 is 10.2 Å². The van der Waals surface area contributed by atoms with Gasteiger partial charge in [-0.1, -0.05) is 23.2 Å². The number of benzene rings is 1. The maximum atomic E-state index is 12.9. The van der Waals surface area contributed by atoms with Crippen molar-refractivity contribution in [3.63, 3.8) is 0 Å². The van der Waals surface area contributed by atoms with Gasteiger partial charge in [-0.2, -0.15) is 4.72 Å². The molecule has 1 atom stereocenters. The number of carbonyl (C=O) groups excluding carboxylic acids is 1. The first-order chi connectivity index (χ1) is 13.8. The molecule has 1 aromatic heterocycles. The van der Waals surface area contributed by atoms with Gasteiger partial charge in [-0.3, -0.25) is 4.79 Å². The number of carbonyl (C=O) groups is 1. The SMILES string of the molecule is Cl.O=C1[C@@H](NS(=O)(=O)C=Cc2ccc(Cl)s2)CCN1c1cc2c(cc1Cl)CNCC2. The zero-order chi connectivity index (χ0) is 20.6. The van der Waals surface area contributed by atoms with E-state index >= 15 is 0 Å². The van der Waals surface area contributed by atoms with Gasteiger partial charge in [0.05, 0.1) is 15.0 Å². The van der Waals surface area contributed by atoms with E-state index in [2.05, 4.69) is 10.0 Å². The third-order valence-corrected chi connectivity index (χ3v) is 7.57. The summed E-state index contributed by atoms with van der Waals surface area (Å²) >= 11 is 13.6. The second-order valence-electron chi connectivity index (χ2n) is 6.94. The number of amides is 1. The van der Waals surface area contributed by atoms with Gasteiger partial charge in [0.15, 0.2) is 0 Å². The highest BCUT2D eigenvalue weighted by molar-refractivity contribution is 7.92. The lowest BCUT2D eigenvalue weighted by atomic mass is 10.00. The molecule has 30 heavy (non-hydrogen) atoms. The van der Waals surface area contributed by atoms with E-state index in [-0.39, 0.29) is 18.3 Å². The van der Waals surface area contributed by atoms with Crippen LogP contribution in [0.1, 0.15) is 22.4 Å². The van der Waals surface area contributed by atoms with Crippen LogP contribution in [0.15, 0.2) is 29.7 Å². The first-order valence-corrected chi connectivity index (χ1v) is 12.2. The minimum absolute atomic E-state index is 0. The summed E-state index contributed by atoms with van der Waals surface area (Å²) in [5.41, 5.74) is 2.94. The first kappa shape index (κ1) is 23.5. The topological polar surface area (TPSA) is 78.5 Å². The third kappa shape index (κ3) is 5.19. The Morgan fingerprint density at radius 2 is 2.03 bits per heavy atom. The Morgan fingerprint density at radius 1 is 1.23 bits per heavy atom. The van der Waals surface area contributed by atoms with Crippen molar-refractivity contribution in [3.05, 3.63) is 55.0 Å². The molecule has 0 spiro atoms. The van der Waals surface area contributed by atoms with E-state index in [4.69, 9.17) is 23.2 Å². The summed E-state index contributed by atoms with van der Waals surface area (Å²) in [4.78, 5) is 15.2. The zero-order valence-corrected chi connectivity index (χ0v) is 19.7. The number of anilines is 1. The van der Waals surface area contributed by atoms with Crippen LogP contribution in [0.2, 0.25) is 9.36 Å². The predicted octanol–water partition coefficient (Wildman–Crippen LogP) is 3.82. The first-order valence-electron chi connectivity index (χ1n) is 9.11. The second kappa shape index (κ2) is 9.56. The Balaban J connectivity index is 0.00000256. The molecule has 1 amide bonds. The Bertz CT molecular complexity index is 1090. The molecule has 11 heteroatoms. The van der Waals surface area contributed by atoms with Crippen LogP contribution in [-0.4, -0.2) is 33.5 Å². The van der Waals surface area contributed by atoms with E-state index in [9.17, 15) is 13.2 Å². The second-order valence-corrected chi connectivity index (χ2v) is 10.7. The average Bonchev–Trinajstić information content (AvgIpc) is 3.25. The molecule has 4 rings (SSSR count). The van der Waals surface area contributed by atoms with Crippen molar-refractivity contribution in [3.8, 4) is 0 Å². The molecule has 0 aliphatic carbocycles. The molecule has 0 unspecified atom stereocenters. The van der Waals surface area contributed by atoms with Crippen molar-refractivity contribution in [2.75, 3.05) is 18.0 Å². The highest BCUT2D eigenvalue weighted by atomic mass is 35.5. The van der Waals surface area contributed by atoms with Crippen molar-refractivity contribution in [1.82, 2.24) is 10.0 Å². The van der Waals surface area contributed by atoms with Crippen molar-refractivity contribution in [2.24, 2.45) is 0 Å².